The molecule has 0 saturated carbocycles. The summed E-state index contributed by atoms with van der Waals surface area (Å²) in [4.78, 5) is 10.4. The summed E-state index contributed by atoms with van der Waals surface area (Å²) >= 11 is 5.82. The van der Waals surface area contributed by atoms with Gasteiger partial charge in [0.25, 0.3) is 5.69 Å². The van der Waals surface area contributed by atoms with Crippen LogP contribution in [0.25, 0.3) is 0 Å². The predicted octanol–water partition coefficient (Wildman–Crippen LogP) is 3.50. The molecule has 0 aliphatic carbocycles. The number of hydrogen-bond acceptors (Lipinski definition) is 4. The third-order valence-corrected chi connectivity index (χ3v) is 2.66. The summed E-state index contributed by atoms with van der Waals surface area (Å²) in [6.07, 6.45) is 2.24. The average molecular weight is 267 g/mol. The number of halogens is 1. The van der Waals surface area contributed by atoms with E-state index < -0.39 is 4.92 Å². The van der Waals surface area contributed by atoms with Crippen LogP contribution in [0.3, 0.4) is 0 Å². The molecule has 0 radical (unpaired) electrons. The third-order valence-electron chi connectivity index (χ3n) is 2.42. The summed E-state index contributed by atoms with van der Waals surface area (Å²) in [5, 5.41) is 14.3. The van der Waals surface area contributed by atoms with Crippen LogP contribution in [0.5, 0.6) is 0 Å². The van der Waals surface area contributed by atoms with E-state index >= 15 is 0 Å². The van der Waals surface area contributed by atoms with Crippen molar-refractivity contribution >= 4 is 23.0 Å². The molecule has 0 fully saturated rings. The highest BCUT2D eigenvalue weighted by atomic mass is 35.5. The monoisotopic (exact) mass is 266 g/mol. The Labute approximate surface area is 109 Å². The van der Waals surface area contributed by atoms with Gasteiger partial charge in [-0.05, 0) is 24.3 Å². The van der Waals surface area contributed by atoms with Gasteiger partial charge in [0.15, 0.2) is 0 Å². The molecule has 2 aromatic rings. The van der Waals surface area contributed by atoms with E-state index in [1.807, 2.05) is 6.07 Å². The molecule has 0 saturated heterocycles. The minimum Gasteiger partial charge on any atom is -0.469 e. The fraction of sp³-hybridized carbons (Fsp3) is 0.167. The van der Waals surface area contributed by atoms with Gasteiger partial charge in [0.05, 0.1) is 11.2 Å². The molecule has 1 aromatic carbocycles. The number of furan rings is 1. The molecule has 0 bridgehead atoms. The molecule has 0 aliphatic rings. The third kappa shape index (κ3) is 3.01. The van der Waals surface area contributed by atoms with E-state index in [1.165, 1.54) is 12.1 Å². The lowest BCUT2D eigenvalue weighted by Gasteiger charge is -2.06. The minimum atomic E-state index is -0.439. The van der Waals surface area contributed by atoms with Gasteiger partial charge in [0, 0.05) is 24.1 Å². The number of nitro groups is 1. The molecule has 1 N–H and O–H groups in total. The van der Waals surface area contributed by atoms with Gasteiger partial charge in [0.2, 0.25) is 0 Å². The fourth-order valence-electron chi connectivity index (χ4n) is 1.58. The molecule has 5 nitrogen and oxygen atoms in total. The molecule has 0 unspecified atom stereocenters. The molecule has 6 heteroatoms. The number of benzene rings is 1. The van der Waals surface area contributed by atoms with Crippen LogP contribution >= 0.6 is 11.6 Å². The van der Waals surface area contributed by atoms with Crippen molar-refractivity contribution in [3.05, 3.63) is 57.5 Å². The Morgan fingerprint density at radius 1 is 1.39 bits per heavy atom. The fourth-order valence-corrected chi connectivity index (χ4v) is 1.76. The quantitative estimate of drug-likeness (QED) is 0.664. The van der Waals surface area contributed by atoms with Crippen LogP contribution in [0.4, 0.5) is 11.4 Å². The van der Waals surface area contributed by atoms with Gasteiger partial charge < -0.3 is 9.73 Å². The highest BCUT2D eigenvalue weighted by Crippen LogP contribution is 2.27. The molecule has 0 amide bonds. The van der Waals surface area contributed by atoms with Crippen molar-refractivity contribution in [1.29, 1.82) is 0 Å². The molecule has 0 aliphatic heterocycles. The van der Waals surface area contributed by atoms with Crippen LogP contribution < -0.4 is 5.32 Å². The predicted molar refractivity (Wildman–Crippen MR) is 69.0 cm³/mol. The summed E-state index contributed by atoms with van der Waals surface area (Å²) in [5.41, 5.74) is 0.429. The maximum atomic E-state index is 10.8. The summed E-state index contributed by atoms with van der Waals surface area (Å²) in [6.45, 7) is 0.536. The lowest BCUT2D eigenvalue weighted by atomic mass is 10.2. The lowest BCUT2D eigenvalue weighted by molar-refractivity contribution is -0.384. The van der Waals surface area contributed by atoms with E-state index in [2.05, 4.69) is 5.32 Å². The zero-order valence-corrected chi connectivity index (χ0v) is 10.2. The smallest absolute Gasteiger partial charge is 0.292 e. The van der Waals surface area contributed by atoms with Crippen molar-refractivity contribution in [2.45, 2.75) is 6.42 Å². The van der Waals surface area contributed by atoms with Crippen LogP contribution in [0.15, 0.2) is 41.0 Å². The molecular weight excluding hydrogens is 256 g/mol. The highest BCUT2D eigenvalue weighted by Gasteiger charge is 2.13. The van der Waals surface area contributed by atoms with Gasteiger partial charge in [-0.2, -0.15) is 0 Å². The van der Waals surface area contributed by atoms with Gasteiger partial charge >= 0.3 is 0 Å². The zero-order chi connectivity index (χ0) is 13.0. The topological polar surface area (TPSA) is 68.3 Å². The van der Waals surface area contributed by atoms with Crippen molar-refractivity contribution in [3.63, 3.8) is 0 Å². The molecule has 2 rings (SSSR count). The van der Waals surface area contributed by atoms with Crippen LogP contribution in [-0.4, -0.2) is 11.5 Å². The maximum absolute atomic E-state index is 10.8. The Morgan fingerprint density at radius 2 is 2.22 bits per heavy atom. The molecule has 1 aromatic heterocycles. The van der Waals surface area contributed by atoms with E-state index in [0.717, 1.165) is 5.76 Å². The molecule has 1 heterocycles. The summed E-state index contributed by atoms with van der Waals surface area (Å²) < 4.78 is 5.17. The highest BCUT2D eigenvalue weighted by molar-refractivity contribution is 6.31. The summed E-state index contributed by atoms with van der Waals surface area (Å²) in [7, 11) is 0. The van der Waals surface area contributed by atoms with E-state index in [9.17, 15) is 10.1 Å². The van der Waals surface area contributed by atoms with Crippen LogP contribution in [0.1, 0.15) is 5.76 Å². The van der Waals surface area contributed by atoms with Gasteiger partial charge in [-0.25, -0.2) is 0 Å². The first-order chi connectivity index (χ1) is 8.66. The number of nitro benzene ring substituents is 1. The first-order valence-corrected chi connectivity index (χ1v) is 5.75. The van der Waals surface area contributed by atoms with Crippen molar-refractivity contribution in [2.24, 2.45) is 0 Å². The summed E-state index contributed by atoms with van der Waals surface area (Å²) in [5.74, 6) is 0.826. The Kier molecular flexibility index (Phi) is 3.84. The minimum absolute atomic E-state index is 0.0128. The number of nitrogens with zero attached hydrogens (tertiary/aromatic N) is 1. The standard InChI is InChI=1S/C12H11ClN2O3/c13-9-3-4-12(15(16)17)11(8-9)14-6-5-10-2-1-7-18-10/h1-4,7-8,14H,5-6H2. The largest absolute Gasteiger partial charge is 0.469 e. The van der Waals surface area contributed by atoms with E-state index in [0.29, 0.717) is 23.7 Å². The van der Waals surface area contributed by atoms with Crippen molar-refractivity contribution in [2.75, 3.05) is 11.9 Å². The van der Waals surface area contributed by atoms with Gasteiger partial charge in [-0.15, -0.1) is 0 Å². The van der Waals surface area contributed by atoms with E-state index in [-0.39, 0.29) is 5.69 Å². The second-order valence-electron chi connectivity index (χ2n) is 3.67. The first kappa shape index (κ1) is 12.4. The number of hydrogen-bond donors (Lipinski definition) is 1. The Hall–Kier alpha value is -2.01. The van der Waals surface area contributed by atoms with E-state index in [4.69, 9.17) is 16.0 Å². The lowest BCUT2D eigenvalue weighted by Crippen LogP contribution is -2.06. The Bertz CT molecular complexity index is 540. The van der Waals surface area contributed by atoms with Gasteiger partial charge in [0.1, 0.15) is 11.4 Å². The average Bonchev–Trinajstić information content (AvgIpc) is 2.82. The number of anilines is 1. The SMILES string of the molecule is O=[N+]([O-])c1ccc(Cl)cc1NCCc1ccco1. The number of rotatable bonds is 5. The van der Waals surface area contributed by atoms with Crippen molar-refractivity contribution in [3.8, 4) is 0 Å². The molecule has 94 valence electrons. The van der Waals surface area contributed by atoms with Crippen LogP contribution in [0, 0.1) is 10.1 Å². The second-order valence-corrected chi connectivity index (χ2v) is 4.11. The Morgan fingerprint density at radius 3 is 2.89 bits per heavy atom. The molecule has 0 atom stereocenters. The first-order valence-electron chi connectivity index (χ1n) is 5.37. The van der Waals surface area contributed by atoms with Crippen molar-refractivity contribution in [1.82, 2.24) is 0 Å². The van der Waals surface area contributed by atoms with E-state index in [1.54, 1.807) is 18.4 Å². The van der Waals surface area contributed by atoms with Crippen LogP contribution in [-0.2, 0) is 6.42 Å². The zero-order valence-electron chi connectivity index (χ0n) is 9.43. The van der Waals surface area contributed by atoms with Gasteiger partial charge in [-0.3, -0.25) is 10.1 Å². The molecule has 18 heavy (non-hydrogen) atoms. The Balaban J connectivity index is 2.03. The van der Waals surface area contributed by atoms with Crippen LogP contribution in [0.2, 0.25) is 5.02 Å². The summed E-state index contributed by atoms with van der Waals surface area (Å²) in [6, 6.07) is 8.09. The maximum Gasteiger partial charge on any atom is 0.292 e. The molecule has 0 spiro atoms. The number of nitrogens with one attached hydrogen (secondary N) is 1. The van der Waals surface area contributed by atoms with Gasteiger partial charge in [-0.1, -0.05) is 11.6 Å². The second kappa shape index (κ2) is 5.55. The normalized spacial score (nSPS) is 10.3. The molecular formula is C12H11ClN2O3. The van der Waals surface area contributed by atoms with Crippen molar-refractivity contribution < 1.29 is 9.34 Å².